The zero-order chi connectivity index (χ0) is 26.4. The van der Waals surface area contributed by atoms with E-state index in [1.54, 1.807) is 38.1 Å². The Morgan fingerprint density at radius 3 is 2.03 bits per heavy atom. The van der Waals surface area contributed by atoms with Crippen molar-refractivity contribution in [1.82, 2.24) is 4.90 Å². The van der Waals surface area contributed by atoms with Gasteiger partial charge in [-0.1, -0.05) is 84.9 Å². The molecule has 3 aromatic carbocycles. The van der Waals surface area contributed by atoms with E-state index in [1.807, 2.05) is 12.1 Å². The Bertz CT molecular complexity index is 1130. The average molecular weight is 500 g/mol. The van der Waals surface area contributed by atoms with Crippen LogP contribution in [0.25, 0.3) is 0 Å². The van der Waals surface area contributed by atoms with Crippen LogP contribution in [0.4, 0.5) is 0 Å². The highest BCUT2D eigenvalue weighted by atomic mass is 16.4. The first-order chi connectivity index (χ1) is 17.8. The van der Waals surface area contributed by atoms with E-state index in [2.05, 4.69) is 53.4 Å². The molecule has 2 N–H and O–H groups in total. The van der Waals surface area contributed by atoms with Crippen molar-refractivity contribution < 1.29 is 19.8 Å². The van der Waals surface area contributed by atoms with E-state index in [9.17, 15) is 19.8 Å². The molecule has 1 saturated heterocycles. The normalized spacial score (nSPS) is 18.6. The molecule has 0 bridgehead atoms. The SMILES string of the molecule is CC(C)(C(=O)O)c1ccc(C(=O)CCCN2CCC(O)CC2C(c2ccccc2)c2ccccc2)cc1. The number of carboxylic acid groups (broad SMARTS) is 1. The van der Waals surface area contributed by atoms with Gasteiger partial charge in [-0.2, -0.15) is 0 Å². The van der Waals surface area contributed by atoms with Crippen molar-refractivity contribution in [1.29, 1.82) is 0 Å². The number of piperidine rings is 1. The van der Waals surface area contributed by atoms with Gasteiger partial charge in [0, 0.05) is 30.5 Å². The number of aliphatic carboxylic acids is 1. The number of hydrogen-bond donors (Lipinski definition) is 2. The monoisotopic (exact) mass is 499 g/mol. The molecular formula is C32H37NO4. The Kier molecular flexibility index (Phi) is 8.57. The molecule has 4 rings (SSSR count). The van der Waals surface area contributed by atoms with Gasteiger partial charge < -0.3 is 10.2 Å². The summed E-state index contributed by atoms with van der Waals surface area (Å²) in [5.74, 6) is -0.689. The van der Waals surface area contributed by atoms with E-state index >= 15 is 0 Å². The summed E-state index contributed by atoms with van der Waals surface area (Å²) < 4.78 is 0. The summed E-state index contributed by atoms with van der Waals surface area (Å²) in [5.41, 5.74) is 2.77. The summed E-state index contributed by atoms with van der Waals surface area (Å²) in [6.07, 6.45) is 2.26. The quantitative estimate of drug-likeness (QED) is 0.352. The topological polar surface area (TPSA) is 77.8 Å². The third-order valence-electron chi connectivity index (χ3n) is 7.75. The number of carboxylic acids is 1. The van der Waals surface area contributed by atoms with E-state index in [0.29, 0.717) is 24.0 Å². The summed E-state index contributed by atoms with van der Waals surface area (Å²) in [6.45, 7) is 4.91. The molecule has 37 heavy (non-hydrogen) atoms. The fraction of sp³-hybridized carbons (Fsp3) is 0.375. The number of carbonyl (C=O) groups excluding carboxylic acids is 1. The van der Waals surface area contributed by atoms with Gasteiger partial charge in [-0.05, 0) is 56.3 Å². The number of aliphatic hydroxyl groups is 1. The highest BCUT2D eigenvalue weighted by Gasteiger charge is 2.35. The largest absolute Gasteiger partial charge is 0.481 e. The van der Waals surface area contributed by atoms with Crippen LogP contribution in [-0.4, -0.2) is 52.1 Å². The molecule has 2 atom stereocenters. The van der Waals surface area contributed by atoms with E-state index in [4.69, 9.17) is 0 Å². The molecule has 1 heterocycles. The number of aliphatic hydroxyl groups excluding tert-OH is 1. The molecule has 2 unspecified atom stereocenters. The average Bonchev–Trinajstić information content (AvgIpc) is 2.91. The predicted octanol–water partition coefficient (Wildman–Crippen LogP) is 5.67. The maximum Gasteiger partial charge on any atom is 0.313 e. The lowest BCUT2D eigenvalue weighted by Crippen LogP contribution is -2.48. The standard InChI is InChI=1S/C32H37NO4/c1-32(2,31(36)37)26-17-15-23(16-18-26)29(35)14-9-20-33-21-19-27(34)22-28(33)30(24-10-5-3-6-11-24)25-12-7-4-8-13-25/h3-8,10-13,15-18,27-28,30,34H,9,14,19-22H2,1-2H3,(H,36,37). The molecule has 0 spiro atoms. The molecular weight excluding hydrogens is 462 g/mol. The zero-order valence-corrected chi connectivity index (χ0v) is 21.7. The number of benzene rings is 3. The number of Topliss-reactive ketones (excluding diaryl/α,β-unsaturated/α-hetero) is 1. The number of carbonyl (C=O) groups is 2. The van der Waals surface area contributed by atoms with Crippen LogP contribution in [-0.2, 0) is 10.2 Å². The third kappa shape index (κ3) is 6.35. The molecule has 0 amide bonds. The number of hydrogen-bond acceptors (Lipinski definition) is 4. The predicted molar refractivity (Wildman–Crippen MR) is 146 cm³/mol. The lowest BCUT2D eigenvalue weighted by atomic mass is 9.79. The van der Waals surface area contributed by atoms with Crippen molar-refractivity contribution >= 4 is 11.8 Å². The first kappa shape index (κ1) is 26.8. The van der Waals surface area contributed by atoms with Crippen molar-refractivity contribution in [2.24, 2.45) is 0 Å². The van der Waals surface area contributed by atoms with Gasteiger partial charge in [0.1, 0.15) is 0 Å². The Morgan fingerprint density at radius 2 is 1.49 bits per heavy atom. The number of rotatable bonds is 10. The first-order valence-corrected chi connectivity index (χ1v) is 13.2. The van der Waals surface area contributed by atoms with Crippen molar-refractivity contribution in [2.45, 2.75) is 63.0 Å². The van der Waals surface area contributed by atoms with Crippen molar-refractivity contribution in [3.63, 3.8) is 0 Å². The zero-order valence-electron chi connectivity index (χ0n) is 21.7. The first-order valence-electron chi connectivity index (χ1n) is 13.2. The fourth-order valence-corrected chi connectivity index (χ4v) is 5.39. The van der Waals surface area contributed by atoms with Crippen molar-refractivity contribution in [3.05, 3.63) is 107 Å². The minimum absolute atomic E-state index is 0.0657. The maximum absolute atomic E-state index is 12.9. The van der Waals surface area contributed by atoms with Crippen LogP contribution >= 0.6 is 0 Å². The van der Waals surface area contributed by atoms with Gasteiger partial charge >= 0.3 is 5.97 Å². The highest BCUT2D eigenvalue weighted by molar-refractivity contribution is 5.96. The van der Waals surface area contributed by atoms with E-state index in [-0.39, 0.29) is 23.8 Å². The summed E-state index contributed by atoms with van der Waals surface area (Å²) in [7, 11) is 0. The van der Waals surface area contributed by atoms with Crippen molar-refractivity contribution in [3.8, 4) is 0 Å². The summed E-state index contributed by atoms with van der Waals surface area (Å²) in [6, 6.07) is 28.1. The van der Waals surface area contributed by atoms with E-state index in [1.165, 1.54) is 11.1 Å². The number of ketones is 1. The van der Waals surface area contributed by atoms with Crippen LogP contribution < -0.4 is 0 Å². The maximum atomic E-state index is 12.9. The Labute approximate surface area is 219 Å². The fourth-order valence-electron chi connectivity index (χ4n) is 5.39. The molecule has 0 radical (unpaired) electrons. The van der Waals surface area contributed by atoms with Gasteiger partial charge in [0.2, 0.25) is 0 Å². The number of likely N-dealkylation sites (tertiary alicyclic amines) is 1. The smallest absolute Gasteiger partial charge is 0.313 e. The molecule has 1 fully saturated rings. The van der Waals surface area contributed by atoms with E-state index < -0.39 is 11.4 Å². The minimum Gasteiger partial charge on any atom is -0.481 e. The summed E-state index contributed by atoms with van der Waals surface area (Å²) in [4.78, 5) is 26.9. The second-order valence-corrected chi connectivity index (χ2v) is 10.6. The van der Waals surface area contributed by atoms with Crippen LogP contribution in [0.3, 0.4) is 0 Å². The van der Waals surface area contributed by atoms with Crippen molar-refractivity contribution in [2.75, 3.05) is 13.1 Å². The molecule has 5 heteroatoms. The minimum atomic E-state index is -0.997. The van der Waals surface area contributed by atoms with Gasteiger partial charge in [-0.25, -0.2) is 0 Å². The van der Waals surface area contributed by atoms with Gasteiger partial charge in [-0.3, -0.25) is 14.5 Å². The highest BCUT2D eigenvalue weighted by Crippen LogP contribution is 2.36. The Hall–Kier alpha value is -3.28. The van der Waals surface area contributed by atoms with Crippen LogP contribution in [0, 0.1) is 0 Å². The molecule has 3 aromatic rings. The van der Waals surface area contributed by atoms with Gasteiger partial charge in [-0.15, -0.1) is 0 Å². The molecule has 5 nitrogen and oxygen atoms in total. The van der Waals surface area contributed by atoms with E-state index in [0.717, 1.165) is 25.9 Å². The van der Waals surface area contributed by atoms with Crippen LogP contribution in [0.1, 0.15) is 72.5 Å². The Morgan fingerprint density at radius 1 is 0.919 bits per heavy atom. The Balaban J connectivity index is 1.45. The molecule has 0 saturated carbocycles. The summed E-state index contributed by atoms with van der Waals surface area (Å²) >= 11 is 0. The third-order valence-corrected chi connectivity index (χ3v) is 7.75. The second-order valence-electron chi connectivity index (χ2n) is 10.6. The molecule has 0 aromatic heterocycles. The summed E-state index contributed by atoms with van der Waals surface area (Å²) in [5, 5.41) is 20.0. The lowest BCUT2D eigenvalue weighted by Gasteiger charge is -2.42. The molecule has 194 valence electrons. The van der Waals surface area contributed by atoms with Crippen LogP contribution in [0.15, 0.2) is 84.9 Å². The second kappa shape index (κ2) is 11.8. The number of nitrogens with zero attached hydrogens (tertiary/aromatic N) is 1. The van der Waals surface area contributed by atoms with Gasteiger partial charge in [0.25, 0.3) is 0 Å². The molecule has 0 aliphatic carbocycles. The van der Waals surface area contributed by atoms with Gasteiger partial charge in [0.05, 0.1) is 11.5 Å². The van der Waals surface area contributed by atoms with Crippen LogP contribution in [0.5, 0.6) is 0 Å². The molecule has 1 aliphatic rings. The lowest BCUT2D eigenvalue weighted by molar-refractivity contribution is -0.142. The van der Waals surface area contributed by atoms with Crippen LogP contribution in [0.2, 0.25) is 0 Å². The van der Waals surface area contributed by atoms with Gasteiger partial charge in [0.15, 0.2) is 5.78 Å². The molecule has 1 aliphatic heterocycles.